The fraction of sp³-hybridized carbons (Fsp3) is 0.682. The van der Waals surface area contributed by atoms with Crippen LogP contribution in [0.15, 0.2) is 23.6 Å². The maximum Gasteiger partial charge on any atom is 0.309 e. The summed E-state index contributed by atoms with van der Waals surface area (Å²) in [6.45, 7) is 15.9. The third-order valence-electron chi connectivity index (χ3n) is 11.6. The minimum Gasteiger partial charge on any atom is -0.481 e. The molecule has 6 atom stereocenters. The zero-order chi connectivity index (χ0) is 44.0. The number of likely N-dealkylation sites (N-methyl/N-ethyl adjacent to an activating group) is 1. The quantitative estimate of drug-likeness (QED) is 0.0509. The van der Waals surface area contributed by atoms with Crippen molar-refractivity contribution in [3.05, 3.63) is 45.7 Å². The first-order valence-corrected chi connectivity index (χ1v) is 22.2. The van der Waals surface area contributed by atoms with Crippen molar-refractivity contribution >= 4 is 46.7 Å². The smallest absolute Gasteiger partial charge is 0.309 e. The molecule has 59 heavy (non-hydrogen) atoms. The molecule has 2 aromatic rings. The second-order valence-corrected chi connectivity index (χ2v) is 18.2. The molecule has 0 aliphatic carbocycles. The lowest BCUT2D eigenvalue weighted by atomic mass is 9.84. The van der Waals surface area contributed by atoms with Crippen LogP contribution in [0.5, 0.6) is 0 Å². The molecule has 0 spiro atoms. The number of aliphatic carboxylic acids is 1. The van der Waals surface area contributed by atoms with Crippen LogP contribution in [0.25, 0.3) is 0 Å². The molecule has 1 aromatic carbocycles. The number of unbranched alkanes of at least 4 members (excludes halogenated alkanes) is 3. The first-order valence-electron chi connectivity index (χ1n) is 21.3. The number of nitrogens with two attached hydrogens (primary N) is 1. The summed E-state index contributed by atoms with van der Waals surface area (Å²) in [5.74, 6) is -3.24. The van der Waals surface area contributed by atoms with Gasteiger partial charge in [0.2, 0.25) is 11.8 Å². The number of thiazole rings is 1. The standard InChI is InChI=1S/C44H69FN6O7S/c1-10-12-13-15-21-51(42(55)38(28(5)11-2)49-40(54)35-17-14-16-20-50(35)9)36(27(3)4)24-37(58-29(6)52)41-48-34(26-59-41)39(53)47-31(25-44(7,8)43(56)57)22-30-18-19-32(45)33(46)23-30/h18-19,23,26-28,31,35-38H,10-17,20-22,24-25,46H2,1-9H3,(H,47,53)(H,49,54)(H,56,57)/t28-,31?,35+,36+,37+,38-/m0/s1. The molecular formula is C44H69FN6O7S. The fourth-order valence-corrected chi connectivity index (χ4v) is 8.56. The van der Waals surface area contributed by atoms with Crippen LogP contribution in [0.2, 0.25) is 0 Å². The van der Waals surface area contributed by atoms with Crippen molar-refractivity contribution in [3.8, 4) is 0 Å². The largest absolute Gasteiger partial charge is 0.481 e. The molecule has 1 aliphatic rings. The number of nitrogen functional groups attached to an aromatic ring is 1. The van der Waals surface area contributed by atoms with Crippen LogP contribution in [0.1, 0.15) is 147 Å². The van der Waals surface area contributed by atoms with Gasteiger partial charge in [-0.2, -0.15) is 0 Å². The number of nitrogens with one attached hydrogen (secondary N) is 2. The van der Waals surface area contributed by atoms with E-state index in [9.17, 15) is 33.5 Å². The predicted molar refractivity (Wildman–Crippen MR) is 229 cm³/mol. The number of carbonyl (C=O) groups excluding carboxylic acids is 4. The number of carbonyl (C=O) groups is 5. The van der Waals surface area contributed by atoms with E-state index in [1.54, 1.807) is 25.3 Å². The number of ether oxygens (including phenoxy) is 1. The van der Waals surface area contributed by atoms with E-state index < -0.39 is 53.3 Å². The Morgan fingerprint density at radius 3 is 2.41 bits per heavy atom. The molecule has 1 saturated heterocycles. The number of carboxylic acid groups (broad SMARTS) is 1. The highest BCUT2D eigenvalue weighted by Crippen LogP contribution is 2.32. The Hall–Kier alpha value is -4.11. The van der Waals surface area contributed by atoms with Gasteiger partial charge in [0.1, 0.15) is 22.6 Å². The Labute approximate surface area is 354 Å². The Morgan fingerprint density at radius 1 is 1.10 bits per heavy atom. The van der Waals surface area contributed by atoms with E-state index in [2.05, 4.69) is 27.4 Å². The Kier molecular flexibility index (Phi) is 19.2. The van der Waals surface area contributed by atoms with Crippen molar-refractivity contribution in [2.24, 2.45) is 17.3 Å². The third kappa shape index (κ3) is 14.5. The van der Waals surface area contributed by atoms with E-state index in [0.717, 1.165) is 62.8 Å². The minimum absolute atomic E-state index is 0.0553. The Bertz CT molecular complexity index is 1720. The van der Waals surface area contributed by atoms with Crippen molar-refractivity contribution in [3.63, 3.8) is 0 Å². The Balaban J connectivity index is 1.95. The molecule has 0 radical (unpaired) electrons. The highest BCUT2D eigenvalue weighted by Gasteiger charge is 2.39. The molecule has 1 aliphatic heterocycles. The van der Waals surface area contributed by atoms with Gasteiger partial charge in [0.15, 0.2) is 6.10 Å². The maximum absolute atomic E-state index is 14.9. The summed E-state index contributed by atoms with van der Waals surface area (Å²) < 4.78 is 19.8. The SMILES string of the molecule is CCCCCCN(C(=O)[C@@H](NC(=O)[C@H]1CCCCN1C)[C@@H](C)CC)[C@H](C[C@@H](OC(C)=O)c1nc(C(=O)NC(Cc2ccc(F)c(N)c2)CC(C)(C)C(=O)O)cs1)C(C)C. The van der Waals surface area contributed by atoms with Gasteiger partial charge >= 0.3 is 11.9 Å². The van der Waals surface area contributed by atoms with Gasteiger partial charge in [-0.15, -0.1) is 11.3 Å². The van der Waals surface area contributed by atoms with Crippen LogP contribution < -0.4 is 16.4 Å². The number of amides is 3. The molecule has 1 unspecified atom stereocenters. The van der Waals surface area contributed by atoms with E-state index >= 15 is 0 Å². The minimum atomic E-state index is -1.20. The van der Waals surface area contributed by atoms with Gasteiger partial charge in [-0.3, -0.25) is 28.9 Å². The van der Waals surface area contributed by atoms with Crippen LogP contribution in [0.3, 0.4) is 0 Å². The summed E-state index contributed by atoms with van der Waals surface area (Å²) in [6, 6.07) is 2.10. The van der Waals surface area contributed by atoms with Gasteiger partial charge in [0.25, 0.3) is 5.91 Å². The molecule has 15 heteroatoms. The lowest BCUT2D eigenvalue weighted by Gasteiger charge is -2.40. The van der Waals surface area contributed by atoms with Crippen LogP contribution in [0, 0.1) is 23.1 Å². The molecule has 1 fully saturated rings. The molecule has 2 heterocycles. The normalized spacial score (nSPS) is 17.4. The van der Waals surface area contributed by atoms with Crippen LogP contribution in [-0.2, 0) is 30.3 Å². The van der Waals surface area contributed by atoms with E-state index in [-0.39, 0.29) is 60.3 Å². The second kappa shape index (κ2) is 23.0. The number of likely N-dealkylation sites (tertiary alicyclic amines) is 1. The third-order valence-corrected chi connectivity index (χ3v) is 12.5. The van der Waals surface area contributed by atoms with E-state index in [1.807, 2.05) is 39.6 Å². The van der Waals surface area contributed by atoms with Crippen LogP contribution in [-0.4, -0.2) is 93.9 Å². The van der Waals surface area contributed by atoms with Crippen molar-refractivity contribution in [2.45, 2.75) is 156 Å². The number of esters is 1. The van der Waals surface area contributed by atoms with Gasteiger partial charge in [-0.05, 0) is 89.1 Å². The van der Waals surface area contributed by atoms with E-state index in [0.29, 0.717) is 23.5 Å². The Morgan fingerprint density at radius 2 is 1.81 bits per heavy atom. The van der Waals surface area contributed by atoms with Crippen molar-refractivity contribution in [1.82, 2.24) is 25.4 Å². The average molecular weight is 845 g/mol. The molecule has 0 bridgehead atoms. The van der Waals surface area contributed by atoms with Gasteiger partial charge < -0.3 is 31.1 Å². The van der Waals surface area contributed by atoms with Crippen molar-refractivity contribution < 1.29 is 38.2 Å². The van der Waals surface area contributed by atoms with E-state index in [4.69, 9.17) is 10.5 Å². The van der Waals surface area contributed by atoms with Crippen molar-refractivity contribution in [2.75, 3.05) is 25.9 Å². The summed E-state index contributed by atoms with van der Waals surface area (Å²) in [6.07, 6.45) is 6.69. The fourth-order valence-electron chi connectivity index (χ4n) is 7.73. The molecule has 3 rings (SSSR count). The lowest BCUT2D eigenvalue weighted by Crippen LogP contribution is -2.59. The van der Waals surface area contributed by atoms with E-state index in [1.165, 1.54) is 19.1 Å². The molecule has 13 nitrogen and oxygen atoms in total. The number of hydrogen-bond donors (Lipinski definition) is 4. The molecular weight excluding hydrogens is 776 g/mol. The number of piperidine rings is 1. The summed E-state index contributed by atoms with van der Waals surface area (Å²) >= 11 is 1.15. The van der Waals surface area contributed by atoms with Crippen LogP contribution in [0.4, 0.5) is 10.1 Å². The molecule has 330 valence electrons. The first-order chi connectivity index (χ1) is 27.8. The average Bonchev–Trinajstić information content (AvgIpc) is 3.67. The lowest BCUT2D eigenvalue weighted by molar-refractivity contribution is -0.150. The second-order valence-electron chi connectivity index (χ2n) is 17.3. The number of halogens is 1. The number of rotatable bonds is 23. The zero-order valence-corrected chi connectivity index (χ0v) is 37.5. The molecule has 0 saturated carbocycles. The summed E-state index contributed by atoms with van der Waals surface area (Å²) in [4.78, 5) is 75.6. The maximum atomic E-state index is 14.9. The molecule has 5 N–H and O–H groups in total. The zero-order valence-electron chi connectivity index (χ0n) is 36.6. The monoisotopic (exact) mass is 844 g/mol. The number of hydrogen-bond acceptors (Lipinski definition) is 10. The van der Waals surface area contributed by atoms with Gasteiger partial charge in [0, 0.05) is 37.4 Å². The number of nitrogens with zero attached hydrogens (tertiary/aromatic N) is 3. The number of aromatic nitrogens is 1. The van der Waals surface area contributed by atoms with Crippen molar-refractivity contribution in [1.29, 1.82) is 0 Å². The summed E-state index contributed by atoms with van der Waals surface area (Å²) in [5.41, 5.74) is 5.21. The highest BCUT2D eigenvalue weighted by molar-refractivity contribution is 7.09. The number of carboxylic acids is 1. The van der Waals surface area contributed by atoms with Gasteiger partial charge in [-0.1, -0.05) is 72.8 Å². The number of anilines is 1. The summed E-state index contributed by atoms with van der Waals surface area (Å²) in [5, 5.41) is 17.9. The van der Waals surface area contributed by atoms with Gasteiger partial charge in [-0.25, -0.2) is 9.37 Å². The highest BCUT2D eigenvalue weighted by atomic mass is 32.1. The topological polar surface area (TPSA) is 184 Å². The first kappa shape index (κ1) is 49.3. The number of benzene rings is 1. The predicted octanol–water partition coefficient (Wildman–Crippen LogP) is 7.15. The van der Waals surface area contributed by atoms with Gasteiger partial charge in [0.05, 0.1) is 17.1 Å². The molecule has 3 amide bonds. The summed E-state index contributed by atoms with van der Waals surface area (Å²) in [7, 11) is 1.95. The molecule has 1 aromatic heterocycles. The van der Waals surface area contributed by atoms with Crippen LogP contribution >= 0.6 is 11.3 Å².